The Kier molecular flexibility index (Phi) is 4.55. The zero-order valence-corrected chi connectivity index (χ0v) is 12.7. The van der Waals surface area contributed by atoms with E-state index in [0.29, 0.717) is 21.8 Å². The number of thiocarbonyl (C=S) groups is 1. The first-order valence-corrected chi connectivity index (χ1v) is 6.84. The highest BCUT2D eigenvalue weighted by molar-refractivity contribution is 7.80. The molecule has 2 rings (SSSR count). The van der Waals surface area contributed by atoms with Crippen LogP contribution in [0, 0.1) is 12.7 Å². The van der Waals surface area contributed by atoms with E-state index in [9.17, 15) is 9.18 Å². The van der Waals surface area contributed by atoms with Gasteiger partial charge in [-0.25, -0.2) is 4.39 Å². The van der Waals surface area contributed by atoms with Crippen LogP contribution >= 0.6 is 23.8 Å². The molecule has 6 heteroatoms. The lowest BCUT2D eigenvalue weighted by Gasteiger charge is -2.10. The van der Waals surface area contributed by atoms with Gasteiger partial charge in [-0.3, -0.25) is 4.79 Å². The van der Waals surface area contributed by atoms with Crippen LogP contribution in [0.2, 0.25) is 5.02 Å². The number of benzene rings is 2. The van der Waals surface area contributed by atoms with E-state index in [1.165, 1.54) is 18.2 Å². The van der Waals surface area contributed by atoms with Crippen molar-refractivity contribution < 1.29 is 9.18 Å². The number of nitrogens with two attached hydrogens (primary N) is 1. The molecule has 0 spiro atoms. The summed E-state index contributed by atoms with van der Waals surface area (Å²) in [7, 11) is 0. The van der Waals surface area contributed by atoms with Crippen LogP contribution in [0.25, 0.3) is 0 Å². The van der Waals surface area contributed by atoms with E-state index in [2.05, 4.69) is 5.32 Å². The lowest BCUT2D eigenvalue weighted by molar-refractivity contribution is 0.102. The highest BCUT2D eigenvalue weighted by Gasteiger charge is 2.13. The Bertz CT molecular complexity index is 734. The van der Waals surface area contributed by atoms with Crippen LogP contribution in [0.1, 0.15) is 21.5 Å². The van der Waals surface area contributed by atoms with Crippen LogP contribution in [-0.4, -0.2) is 10.9 Å². The summed E-state index contributed by atoms with van der Waals surface area (Å²) >= 11 is 10.7. The van der Waals surface area contributed by atoms with E-state index in [4.69, 9.17) is 29.6 Å². The van der Waals surface area contributed by atoms with Crippen LogP contribution in [0.15, 0.2) is 36.4 Å². The molecule has 0 aliphatic heterocycles. The van der Waals surface area contributed by atoms with Gasteiger partial charge in [0.15, 0.2) is 0 Å². The topological polar surface area (TPSA) is 55.1 Å². The van der Waals surface area contributed by atoms with Crippen molar-refractivity contribution in [3.8, 4) is 0 Å². The summed E-state index contributed by atoms with van der Waals surface area (Å²) in [6.07, 6.45) is 0. The van der Waals surface area contributed by atoms with Crippen molar-refractivity contribution in [2.24, 2.45) is 5.73 Å². The first-order chi connectivity index (χ1) is 9.90. The van der Waals surface area contributed by atoms with Gasteiger partial charge in [-0.05, 0) is 42.8 Å². The molecule has 1 amide bonds. The summed E-state index contributed by atoms with van der Waals surface area (Å²) in [6.45, 7) is 1.75. The van der Waals surface area contributed by atoms with Gasteiger partial charge in [0.05, 0.1) is 0 Å². The largest absolute Gasteiger partial charge is 0.389 e. The molecule has 0 radical (unpaired) electrons. The normalized spacial score (nSPS) is 10.2. The lowest BCUT2D eigenvalue weighted by atomic mass is 10.1. The molecule has 3 N–H and O–H groups in total. The smallest absolute Gasteiger partial charge is 0.255 e. The number of halogens is 2. The van der Waals surface area contributed by atoms with Crippen molar-refractivity contribution in [2.45, 2.75) is 6.92 Å². The fourth-order valence-electron chi connectivity index (χ4n) is 1.84. The van der Waals surface area contributed by atoms with Gasteiger partial charge >= 0.3 is 0 Å². The van der Waals surface area contributed by atoms with Crippen molar-refractivity contribution in [2.75, 3.05) is 5.32 Å². The Hall–Kier alpha value is -1.98. The summed E-state index contributed by atoms with van der Waals surface area (Å²) in [6, 6.07) is 9.10. The molecule has 0 saturated carbocycles. The third-order valence-corrected chi connectivity index (χ3v) is 3.63. The first kappa shape index (κ1) is 15.4. The van der Waals surface area contributed by atoms with E-state index >= 15 is 0 Å². The van der Waals surface area contributed by atoms with Crippen LogP contribution in [-0.2, 0) is 0 Å². The second-order valence-electron chi connectivity index (χ2n) is 4.43. The average molecular weight is 323 g/mol. The van der Waals surface area contributed by atoms with E-state index in [1.807, 2.05) is 0 Å². The second kappa shape index (κ2) is 6.20. The Balaban J connectivity index is 2.30. The first-order valence-electron chi connectivity index (χ1n) is 6.06. The maximum absolute atomic E-state index is 13.5. The highest BCUT2D eigenvalue weighted by Crippen LogP contribution is 2.21. The Labute approximate surface area is 131 Å². The number of carbonyl (C=O) groups excluding carboxylic acids is 1. The molecule has 0 saturated heterocycles. The molecule has 0 atom stereocenters. The lowest BCUT2D eigenvalue weighted by Crippen LogP contribution is -2.16. The predicted molar refractivity (Wildman–Crippen MR) is 86.4 cm³/mol. The SMILES string of the molecule is Cc1c(Cl)cccc1C(=O)Nc1ccc(F)c(C(N)=S)c1. The van der Waals surface area contributed by atoms with Crippen molar-refractivity contribution in [1.82, 2.24) is 0 Å². The summed E-state index contributed by atoms with van der Waals surface area (Å²) in [5.41, 5.74) is 7.05. The van der Waals surface area contributed by atoms with Crippen molar-refractivity contribution in [3.63, 3.8) is 0 Å². The quantitative estimate of drug-likeness (QED) is 0.848. The number of anilines is 1. The summed E-state index contributed by atoms with van der Waals surface area (Å²) in [4.78, 5) is 12.2. The predicted octanol–water partition coefficient (Wildman–Crippen LogP) is 3.67. The van der Waals surface area contributed by atoms with E-state index < -0.39 is 5.82 Å². The van der Waals surface area contributed by atoms with Gasteiger partial charge in [0, 0.05) is 21.8 Å². The average Bonchev–Trinajstić information content (AvgIpc) is 2.43. The summed E-state index contributed by atoms with van der Waals surface area (Å²) in [5, 5.41) is 3.17. The minimum atomic E-state index is -0.528. The van der Waals surface area contributed by atoms with Crippen LogP contribution in [0.5, 0.6) is 0 Å². The molecule has 0 heterocycles. The zero-order chi connectivity index (χ0) is 15.6. The number of hydrogen-bond acceptors (Lipinski definition) is 2. The van der Waals surface area contributed by atoms with Gasteiger partial charge in [-0.1, -0.05) is 29.9 Å². The Morgan fingerprint density at radius 3 is 2.67 bits per heavy atom. The number of rotatable bonds is 3. The molecule has 0 unspecified atom stereocenters. The Morgan fingerprint density at radius 2 is 2.00 bits per heavy atom. The van der Waals surface area contributed by atoms with Gasteiger partial charge in [0.1, 0.15) is 10.8 Å². The third kappa shape index (κ3) is 3.37. The fraction of sp³-hybridized carbons (Fsp3) is 0.0667. The van der Waals surface area contributed by atoms with Crippen LogP contribution < -0.4 is 11.1 Å². The molecule has 3 nitrogen and oxygen atoms in total. The maximum atomic E-state index is 13.5. The molecule has 108 valence electrons. The van der Waals surface area contributed by atoms with E-state index in [1.54, 1.807) is 25.1 Å². The molecule has 0 bridgehead atoms. The van der Waals surface area contributed by atoms with Crippen molar-refractivity contribution in [1.29, 1.82) is 0 Å². The molecule has 2 aromatic carbocycles. The van der Waals surface area contributed by atoms with Crippen molar-refractivity contribution >= 4 is 40.4 Å². The molecular formula is C15H12ClFN2OS. The summed E-state index contributed by atoms with van der Waals surface area (Å²) < 4.78 is 13.5. The molecule has 21 heavy (non-hydrogen) atoms. The second-order valence-corrected chi connectivity index (χ2v) is 5.27. The number of nitrogens with one attached hydrogen (secondary N) is 1. The highest BCUT2D eigenvalue weighted by atomic mass is 35.5. The molecule has 0 aliphatic rings. The molecule has 2 aromatic rings. The molecular weight excluding hydrogens is 311 g/mol. The molecule has 0 aliphatic carbocycles. The van der Waals surface area contributed by atoms with Gasteiger partial charge in [-0.2, -0.15) is 0 Å². The minimum absolute atomic E-state index is 0.0671. The monoisotopic (exact) mass is 322 g/mol. The maximum Gasteiger partial charge on any atom is 0.255 e. The zero-order valence-electron chi connectivity index (χ0n) is 11.1. The standard InChI is InChI=1S/C15H12ClFN2OS/c1-8-10(3-2-4-12(8)16)15(20)19-9-5-6-13(17)11(7-9)14(18)21/h2-7H,1H3,(H2,18,21)(H,19,20). The van der Waals surface area contributed by atoms with Crippen LogP contribution in [0.3, 0.4) is 0 Å². The van der Waals surface area contributed by atoms with Gasteiger partial charge < -0.3 is 11.1 Å². The number of carbonyl (C=O) groups is 1. The van der Waals surface area contributed by atoms with Crippen molar-refractivity contribution in [3.05, 3.63) is 63.9 Å². The van der Waals surface area contributed by atoms with E-state index in [-0.39, 0.29) is 16.5 Å². The van der Waals surface area contributed by atoms with Crippen LogP contribution in [0.4, 0.5) is 10.1 Å². The molecule has 0 fully saturated rings. The fourth-order valence-corrected chi connectivity index (χ4v) is 2.17. The number of hydrogen-bond donors (Lipinski definition) is 2. The summed E-state index contributed by atoms with van der Waals surface area (Å²) in [5.74, 6) is -0.866. The molecule has 0 aromatic heterocycles. The minimum Gasteiger partial charge on any atom is -0.389 e. The van der Waals surface area contributed by atoms with E-state index in [0.717, 1.165) is 0 Å². The van der Waals surface area contributed by atoms with Gasteiger partial charge in [0.2, 0.25) is 0 Å². The Morgan fingerprint density at radius 1 is 1.29 bits per heavy atom. The number of amides is 1. The van der Waals surface area contributed by atoms with Gasteiger partial charge in [-0.15, -0.1) is 0 Å². The van der Waals surface area contributed by atoms with Gasteiger partial charge in [0.25, 0.3) is 5.91 Å². The third-order valence-electron chi connectivity index (χ3n) is 3.00.